The van der Waals surface area contributed by atoms with Crippen LogP contribution in [0.15, 0.2) is 59.1 Å². The third kappa shape index (κ3) is 5.16. The van der Waals surface area contributed by atoms with Gasteiger partial charge in [-0.1, -0.05) is 47.1 Å². The van der Waals surface area contributed by atoms with Crippen molar-refractivity contribution in [3.63, 3.8) is 0 Å². The number of nitrogens with one attached hydrogen (secondary N) is 2. The first kappa shape index (κ1) is 19.9. The van der Waals surface area contributed by atoms with Crippen LogP contribution in [0.3, 0.4) is 0 Å². The highest BCUT2D eigenvalue weighted by atomic mass is 35.5. The minimum atomic E-state index is -0.176. The minimum Gasteiger partial charge on any atom is -0.301 e. The summed E-state index contributed by atoms with van der Waals surface area (Å²) in [6.07, 6.45) is 0. The lowest BCUT2D eigenvalue weighted by Crippen LogP contribution is -2.13. The summed E-state index contributed by atoms with van der Waals surface area (Å²) in [6, 6.07) is 14.7. The van der Waals surface area contributed by atoms with Crippen LogP contribution >= 0.6 is 46.3 Å². The summed E-state index contributed by atoms with van der Waals surface area (Å²) < 4.78 is 0. The Balaban J connectivity index is 1.33. The number of aromatic nitrogens is 4. The molecule has 10 heteroatoms. The fraction of sp³-hybridized carbons (Fsp3) is 0.0526. The predicted octanol–water partition coefficient (Wildman–Crippen LogP) is 5.63. The van der Waals surface area contributed by atoms with Crippen molar-refractivity contribution in [1.82, 2.24) is 20.2 Å². The summed E-state index contributed by atoms with van der Waals surface area (Å²) >= 11 is 14.4. The van der Waals surface area contributed by atoms with Crippen molar-refractivity contribution in [1.29, 1.82) is 0 Å². The average Bonchev–Trinajstić information content (AvgIpc) is 3.37. The van der Waals surface area contributed by atoms with Gasteiger partial charge < -0.3 is 5.32 Å². The van der Waals surface area contributed by atoms with Gasteiger partial charge in [-0.15, -0.1) is 16.4 Å². The van der Waals surface area contributed by atoms with Crippen LogP contribution in [0, 0.1) is 0 Å². The lowest BCUT2D eigenvalue weighted by atomic mass is 10.2. The molecule has 2 aromatic heterocycles. The van der Waals surface area contributed by atoms with E-state index in [2.05, 4.69) is 25.5 Å². The predicted molar refractivity (Wildman–Crippen MR) is 119 cm³/mol. The zero-order valence-corrected chi connectivity index (χ0v) is 17.9. The first-order valence-corrected chi connectivity index (χ1v) is 11.0. The van der Waals surface area contributed by atoms with Gasteiger partial charge in [0.25, 0.3) is 0 Å². The van der Waals surface area contributed by atoms with Crippen LogP contribution in [0.4, 0.5) is 5.13 Å². The standard InChI is InChI=1S/C19H13Cl2N5OS2/c20-13-5-1-11(2-6-13)15-9-28-18(22-15)23-16(27)10-29-19-24-17(25-26-19)12-3-7-14(21)8-4-12/h1-9H,10H2,(H,22,23,27)(H,24,25,26). The van der Waals surface area contributed by atoms with Crippen LogP contribution in [0.5, 0.6) is 0 Å². The zero-order valence-electron chi connectivity index (χ0n) is 14.7. The molecule has 0 bridgehead atoms. The lowest BCUT2D eigenvalue weighted by molar-refractivity contribution is -0.113. The van der Waals surface area contributed by atoms with Crippen LogP contribution in [0.2, 0.25) is 10.0 Å². The van der Waals surface area contributed by atoms with Gasteiger partial charge in [0.05, 0.1) is 11.4 Å². The second-order valence-corrected chi connectivity index (χ2v) is 8.53. The number of amides is 1. The largest absolute Gasteiger partial charge is 0.301 e. The summed E-state index contributed by atoms with van der Waals surface area (Å²) in [5, 5.41) is 14.0. The number of nitrogens with zero attached hydrogens (tertiary/aromatic N) is 3. The second-order valence-electron chi connectivity index (χ2n) is 5.86. The molecule has 0 atom stereocenters. The van der Waals surface area contributed by atoms with E-state index >= 15 is 0 Å². The summed E-state index contributed by atoms with van der Waals surface area (Å²) in [6.45, 7) is 0. The summed E-state index contributed by atoms with van der Waals surface area (Å²) in [7, 11) is 0. The third-order valence-electron chi connectivity index (χ3n) is 3.81. The van der Waals surface area contributed by atoms with Gasteiger partial charge in [0.15, 0.2) is 11.0 Å². The smallest absolute Gasteiger partial charge is 0.236 e. The van der Waals surface area contributed by atoms with Crippen molar-refractivity contribution in [2.75, 3.05) is 11.1 Å². The summed E-state index contributed by atoms with van der Waals surface area (Å²) in [5.41, 5.74) is 2.60. The molecule has 2 N–H and O–H groups in total. The molecule has 29 heavy (non-hydrogen) atoms. The Bertz CT molecular complexity index is 1130. The number of hydrogen-bond acceptors (Lipinski definition) is 6. The van der Waals surface area contributed by atoms with Crippen molar-refractivity contribution < 1.29 is 4.79 Å². The number of carbonyl (C=O) groups excluding carboxylic acids is 1. The van der Waals surface area contributed by atoms with Crippen LogP contribution in [-0.2, 0) is 4.79 Å². The van der Waals surface area contributed by atoms with Gasteiger partial charge >= 0.3 is 0 Å². The molecule has 2 aromatic carbocycles. The molecule has 146 valence electrons. The first-order valence-electron chi connectivity index (χ1n) is 8.39. The molecule has 0 spiro atoms. The monoisotopic (exact) mass is 461 g/mol. The van der Waals surface area contributed by atoms with E-state index in [1.807, 2.05) is 29.6 Å². The molecular formula is C19H13Cl2N5OS2. The summed E-state index contributed by atoms with van der Waals surface area (Å²) in [4.78, 5) is 21.1. The average molecular weight is 462 g/mol. The van der Waals surface area contributed by atoms with Crippen LogP contribution in [0.1, 0.15) is 0 Å². The Labute approximate surface area is 184 Å². The Hall–Kier alpha value is -2.39. The molecule has 0 radical (unpaired) electrons. The van der Waals surface area contributed by atoms with E-state index in [1.54, 1.807) is 24.3 Å². The Morgan fingerprint density at radius 1 is 1.00 bits per heavy atom. The molecule has 0 saturated heterocycles. The molecule has 0 aliphatic carbocycles. The molecular weight excluding hydrogens is 449 g/mol. The highest BCUT2D eigenvalue weighted by molar-refractivity contribution is 7.99. The van der Waals surface area contributed by atoms with Gasteiger partial charge in [-0.2, -0.15) is 0 Å². The summed E-state index contributed by atoms with van der Waals surface area (Å²) in [5.74, 6) is 0.621. The van der Waals surface area contributed by atoms with E-state index in [4.69, 9.17) is 23.2 Å². The fourth-order valence-electron chi connectivity index (χ4n) is 2.42. The molecule has 0 saturated carbocycles. The fourth-order valence-corrected chi connectivity index (χ4v) is 4.00. The number of thiazole rings is 1. The molecule has 1 amide bonds. The number of aromatic amines is 1. The molecule has 2 heterocycles. The van der Waals surface area contributed by atoms with Crippen molar-refractivity contribution in [3.05, 3.63) is 64.0 Å². The molecule has 6 nitrogen and oxygen atoms in total. The SMILES string of the molecule is O=C(CSc1n[nH]c(-c2ccc(Cl)cc2)n1)Nc1nc(-c2ccc(Cl)cc2)cs1. The molecule has 4 aromatic rings. The van der Waals surface area contributed by atoms with Gasteiger partial charge in [0, 0.05) is 26.6 Å². The molecule has 0 aliphatic rings. The Morgan fingerprint density at radius 2 is 1.66 bits per heavy atom. The van der Waals surface area contributed by atoms with Crippen molar-refractivity contribution >= 4 is 57.3 Å². The lowest BCUT2D eigenvalue weighted by Gasteiger charge is -2.00. The highest BCUT2D eigenvalue weighted by Gasteiger charge is 2.11. The maximum Gasteiger partial charge on any atom is 0.236 e. The van der Waals surface area contributed by atoms with E-state index in [9.17, 15) is 4.79 Å². The number of carbonyl (C=O) groups is 1. The van der Waals surface area contributed by atoms with Crippen molar-refractivity contribution in [2.45, 2.75) is 5.16 Å². The van der Waals surface area contributed by atoms with Gasteiger partial charge in [0.2, 0.25) is 11.1 Å². The highest BCUT2D eigenvalue weighted by Crippen LogP contribution is 2.26. The van der Waals surface area contributed by atoms with Crippen LogP contribution < -0.4 is 5.32 Å². The van der Waals surface area contributed by atoms with E-state index < -0.39 is 0 Å². The third-order valence-corrected chi connectivity index (χ3v) is 5.91. The molecule has 0 fully saturated rings. The molecule has 4 rings (SSSR count). The number of thioether (sulfide) groups is 1. The Morgan fingerprint density at radius 3 is 2.34 bits per heavy atom. The van der Waals surface area contributed by atoms with Crippen molar-refractivity contribution in [3.8, 4) is 22.6 Å². The normalized spacial score (nSPS) is 10.8. The van der Waals surface area contributed by atoms with Gasteiger partial charge in [-0.3, -0.25) is 9.89 Å². The van der Waals surface area contributed by atoms with E-state index in [0.29, 0.717) is 26.2 Å². The van der Waals surface area contributed by atoms with E-state index in [1.165, 1.54) is 23.1 Å². The van der Waals surface area contributed by atoms with E-state index in [0.717, 1.165) is 16.8 Å². The number of anilines is 1. The number of benzene rings is 2. The van der Waals surface area contributed by atoms with Crippen molar-refractivity contribution in [2.24, 2.45) is 0 Å². The Kier molecular flexibility index (Phi) is 6.15. The van der Waals surface area contributed by atoms with Gasteiger partial charge in [-0.05, 0) is 36.4 Å². The maximum atomic E-state index is 12.2. The quantitative estimate of drug-likeness (QED) is 0.363. The number of rotatable bonds is 6. The number of hydrogen-bond donors (Lipinski definition) is 2. The maximum absolute atomic E-state index is 12.2. The van der Waals surface area contributed by atoms with Crippen LogP contribution in [-0.4, -0.2) is 31.8 Å². The first-order chi connectivity index (χ1) is 14.1. The van der Waals surface area contributed by atoms with Crippen LogP contribution in [0.25, 0.3) is 22.6 Å². The topological polar surface area (TPSA) is 83.6 Å². The van der Waals surface area contributed by atoms with E-state index in [-0.39, 0.29) is 11.7 Å². The second kappa shape index (κ2) is 8.96. The number of H-pyrrole nitrogens is 1. The van der Waals surface area contributed by atoms with Gasteiger partial charge in [-0.25, -0.2) is 9.97 Å². The molecule has 0 aliphatic heterocycles. The zero-order chi connectivity index (χ0) is 20.2. The molecule has 0 unspecified atom stereocenters. The number of halogens is 2. The van der Waals surface area contributed by atoms with Gasteiger partial charge in [0.1, 0.15) is 0 Å². The minimum absolute atomic E-state index is 0.174.